The lowest BCUT2D eigenvalue weighted by Crippen LogP contribution is -2.53. The van der Waals surface area contributed by atoms with Crippen LogP contribution in [0.4, 0.5) is 0 Å². The second kappa shape index (κ2) is 8.76. The molecule has 0 aromatic carbocycles. The van der Waals surface area contributed by atoms with Gasteiger partial charge in [-0.25, -0.2) is 0 Å². The SMILES string of the molecule is CSCCC(C)N(C)CC1(CNC(C)(C)C)CCCOC1. The number of hydrogen-bond acceptors (Lipinski definition) is 4. The summed E-state index contributed by atoms with van der Waals surface area (Å²) in [5.41, 5.74) is 0.446. The highest BCUT2D eigenvalue weighted by atomic mass is 32.2. The van der Waals surface area contributed by atoms with Crippen molar-refractivity contribution in [1.29, 1.82) is 0 Å². The van der Waals surface area contributed by atoms with E-state index in [-0.39, 0.29) is 11.0 Å². The Morgan fingerprint density at radius 1 is 1.38 bits per heavy atom. The molecule has 1 N–H and O–H groups in total. The lowest BCUT2D eigenvalue weighted by molar-refractivity contribution is -0.0300. The first-order valence-electron chi connectivity index (χ1n) is 8.30. The summed E-state index contributed by atoms with van der Waals surface area (Å²) in [6.45, 7) is 13.1. The highest BCUT2D eigenvalue weighted by Gasteiger charge is 2.35. The van der Waals surface area contributed by atoms with Crippen LogP contribution in [0.5, 0.6) is 0 Å². The third kappa shape index (κ3) is 7.36. The number of nitrogens with one attached hydrogen (secondary N) is 1. The Hall–Kier alpha value is 0.230. The zero-order valence-corrected chi connectivity index (χ0v) is 15.8. The van der Waals surface area contributed by atoms with E-state index in [2.05, 4.69) is 51.2 Å². The van der Waals surface area contributed by atoms with Crippen LogP contribution < -0.4 is 5.32 Å². The highest BCUT2D eigenvalue weighted by molar-refractivity contribution is 7.98. The van der Waals surface area contributed by atoms with Crippen LogP contribution in [0.2, 0.25) is 0 Å². The van der Waals surface area contributed by atoms with Gasteiger partial charge in [0.1, 0.15) is 0 Å². The van der Waals surface area contributed by atoms with Crippen LogP contribution >= 0.6 is 11.8 Å². The molecule has 21 heavy (non-hydrogen) atoms. The molecule has 2 atom stereocenters. The molecule has 0 saturated carbocycles. The molecule has 4 heteroatoms. The largest absolute Gasteiger partial charge is 0.381 e. The summed E-state index contributed by atoms with van der Waals surface area (Å²) in [6, 6.07) is 0.644. The zero-order valence-electron chi connectivity index (χ0n) is 15.0. The van der Waals surface area contributed by atoms with E-state index in [1.807, 2.05) is 11.8 Å². The van der Waals surface area contributed by atoms with Gasteiger partial charge in [-0.05, 0) is 66.0 Å². The summed E-state index contributed by atoms with van der Waals surface area (Å²) < 4.78 is 5.84. The van der Waals surface area contributed by atoms with Gasteiger partial charge in [0.05, 0.1) is 6.61 Å². The average Bonchev–Trinajstić information content (AvgIpc) is 2.43. The smallest absolute Gasteiger partial charge is 0.0546 e. The van der Waals surface area contributed by atoms with E-state index < -0.39 is 0 Å². The molecule has 2 unspecified atom stereocenters. The quantitative estimate of drug-likeness (QED) is 0.743. The molecule has 0 radical (unpaired) electrons. The van der Waals surface area contributed by atoms with Gasteiger partial charge >= 0.3 is 0 Å². The molecule has 0 spiro atoms. The number of nitrogens with zero attached hydrogens (tertiary/aromatic N) is 1. The normalized spacial score (nSPS) is 25.3. The fourth-order valence-electron chi connectivity index (χ4n) is 2.88. The van der Waals surface area contributed by atoms with Gasteiger partial charge in [-0.2, -0.15) is 11.8 Å². The van der Waals surface area contributed by atoms with E-state index in [0.29, 0.717) is 6.04 Å². The monoisotopic (exact) mass is 316 g/mol. The van der Waals surface area contributed by atoms with Crippen molar-refractivity contribution in [3.63, 3.8) is 0 Å². The summed E-state index contributed by atoms with van der Waals surface area (Å²) in [7, 11) is 2.28. The molecule has 1 aliphatic rings. The van der Waals surface area contributed by atoms with Crippen molar-refractivity contribution < 1.29 is 4.74 Å². The Morgan fingerprint density at radius 2 is 2.10 bits per heavy atom. The summed E-state index contributed by atoms with van der Waals surface area (Å²) in [6.07, 6.45) is 5.92. The molecule has 0 aromatic rings. The minimum Gasteiger partial charge on any atom is -0.381 e. The molecule has 3 nitrogen and oxygen atoms in total. The molecule has 1 saturated heterocycles. The van der Waals surface area contributed by atoms with E-state index in [1.54, 1.807) is 0 Å². The third-order valence-corrected chi connectivity index (χ3v) is 5.12. The van der Waals surface area contributed by atoms with Gasteiger partial charge in [-0.15, -0.1) is 0 Å². The highest BCUT2D eigenvalue weighted by Crippen LogP contribution is 2.30. The summed E-state index contributed by atoms with van der Waals surface area (Å²) >= 11 is 1.94. The zero-order chi connectivity index (χ0) is 15.9. The standard InChI is InChI=1S/C17H36N2OS/c1-15(8-11-21-6)19(5)13-17(9-7-10-20-14-17)12-18-16(2,3)4/h15,18H,7-14H2,1-6H3. The fraction of sp³-hybridized carbons (Fsp3) is 1.00. The first-order valence-corrected chi connectivity index (χ1v) is 9.69. The van der Waals surface area contributed by atoms with Crippen molar-refractivity contribution in [1.82, 2.24) is 10.2 Å². The van der Waals surface area contributed by atoms with Gasteiger partial charge in [0.2, 0.25) is 0 Å². The van der Waals surface area contributed by atoms with Crippen LogP contribution in [0.3, 0.4) is 0 Å². The van der Waals surface area contributed by atoms with Crippen molar-refractivity contribution >= 4 is 11.8 Å². The molecular weight excluding hydrogens is 280 g/mol. The number of ether oxygens (including phenoxy) is 1. The maximum absolute atomic E-state index is 5.84. The lowest BCUT2D eigenvalue weighted by Gasteiger charge is -2.43. The predicted octanol–water partition coefficient (Wildman–Crippen LogP) is 3.24. The van der Waals surface area contributed by atoms with Crippen LogP contribution in [0.25, 0.3) is 0 Å². The van der Waals surface area contributed by atoms with Gasteiger partial charge in [-0.3, -0.25) is 0 Å². The van der Waals surface area contributed by atoms with Crippen molar-refractivity contribution in [2.45, 2.75) is 58.5 Å². The Kier molecular flexibility index (Phi) is 8.04. The van der Waals surface area contributed by atoms with Gasteiger partial charge < -0.3 is 15.0 Å². The van der Waals surface area contributed by atoms with E-state index in [4.69, 9.17) is 4.74 Å². The Balaban J connectivity index is 2.60. The van der Waals surface area contributed by atoms with E-state index >= 15 is 0 Å². The Bertz CT molecular complexity index is 285. The second-order valence-electron chi connectivity index (χ2n) is 7.81. The lowest BCUT2D eigenvalue weighted by atomic mass is 9.81. The number of hydrogen-bond donors (Lipinski definition) is 1. The molecular formula is C17H36N2OS. The fourth-order valence-corrected chi connectivity index (χ4v) is 3.45. The van der Waals surface area contributed by atoms with E-state index in [1.165, 1.54) is 25.0 Å². The number of rotatable bonds is 8. The maximum atomic E-state index is 5.84. The van der Waals surface area contributed by atoms with Gasteiger partial charge in [0, 0.05) is 36.7 Å². The van der Waals surface area contributed by atoms with Gasteiger partial charge in [0.15, 0.2) is 0 Å². The minimum atomic E-state index is 0.174. The second-order valence-corrected chi connectivity index (χ2v) is 8.79. The molecule has 1 fully saturated rings. The Morgan fingerprint density at radius 3 is 2.62 bits per heavy atom. The van der Waals surface area contributed by atoms with Crippen LogP contribution in [-0.4, -0.2) is 61.8 Å². The molecule has 0 aromatic heterocycles. The molecule has 0 bridgehead atoms. The molecule has 1 heterocycles. The first-order chi connectivity index (χ1) is 9.78. The van der Waals surface area contributed by atoms with E-state index in [0.717, 1.165) is 26.3 Å². The summed E-state index contributed by atoms with van der Waals surface area (Å²) in [4.78, 5) is 2.54. The molecule has 126 valence electrons. The maximum Gasteiger partial charge on any atom is 0.0546 e. The molecule has 1 rings (SSSR count). The predicted molar refractivity (Wildman–Crippen MR) is 95.3 cm³/mol. The van der Waals surface area contributed by atoms with Crippen molar-refractivity contribution in [2.75, 3.05) is 45.4 Å². The summed E-state index contributed by atoms with van der Waals surface area (Å²) in [5, 5.41) is 3.71. The number of thioether (sulfide) groups is 1. The minimum absolute atomic E-state index is 0.174. The van der Waals surface area contributed by atoms with Crippen LogP contribution in [-0.2, 0) is 4.74 Å². The van der Waals surface area contributed by atoms with Gasteiger partial charge in [-0.1, -0.05) is 0 Å². The summed E-state index contributed by atoms with van der Waals surface area (Å²) in [5.74, 6) is 1.25. The first kappa shape index (κ1) is 19.3. The van der Waals surface area contributed by atoms with E-state index in [9.17, 15) is 0 Å². The van der Waals surface area contributed by atoms with Crippen LogP contribution in [0, 0.1) is 5.41 Å². The topological polar surface area (TPSA) is 24.5 Å². The van der Waals surface area contributed by atoms with Gasteiger partial charge in [0.25, 0.3) is 0 Å². The van der Waals surface area contributed by atoms with Crippen LogP contribution in [0.15, 0.2) is 0 Å². The Labute approximate surface area is 136 Å². The third-order valence-electron chi connectivity index (χ3n) is 4.47. The average molecular weight is 317 g/mol. The molecule has 0 amide bonds. The molecule has 1 aliphatic heterocycles. The van der Waals surface area contributed by atoms with Crippen molar-refractivity contribution in [3.8, 4) is 0 Å². The van der Waals surface area contributed by atoms with Crippen molar-refractivity contribution in [3.05, 3.63) is 0 Å². The molecule has 0 aliphatic carbocycles. The van der Waals surface area contributed by atoms with Crippen LogP contribution in [0.1, 0.15) is 47.0 Å². The van der Waals surface area contributed by atoms with Crippen molar-refractivity contribution in [2.24, 2.45) is 5.41 Å².